The quantitative estimate of drug-likeness (QED) is 0.744. The largest absolute Gasteiger partial charge is 0.494 e. The summed E-state index contributed by atoms with van der Waals surface area (Å²) in [4.78, 5) is 14.1. The van der Waals surface area contributed by atoms with E-state index in [1.165, 1.54) is 0 Å². The summed E-state index contributed by atoms with van der Waals surface area (Å²) < 4.78 is 12.3. The van der Waals surface area contributed by atoms with E-state index in [4.69, 9.17) is 19.3 Å². The van der Waals surface area contributed by atoms with Crippen molar-refractivity contribution in [2.45, 2.75) is 84.8 Å². The molecule has 1 fully saturated rings. The summed E-state index contributed by atoms with van der Waals surface area (Å²) in [6, 6.07) is 8.14. The molecule has 1 aromatic heterocycles. The standard InChI is InChI=1S/C22H32BN3O2/c1-14(2)17-24-18(26-19(25-17)20(3,4)5)15-10-12-16(13-11-15)23-27-21(6,7)22(8,9)28-23/h10-14H,1-9H3. The highest BCUT2D eigenvalue weighted by molar-refractivity contribution is 6.62. The molecule has 150 valence electrons. The lowest BCUT2D eigenvalue weighted by molar-refractivity contribution is 0.00578. The Kier molecular flexibility index (Phi) is 5.18. The lowest BCUT2D eigenvalue weighted by Crippen LogP contribution is -2.41. The maximum absolute atomic E-state index is 6.15. The minimum absolute atomic E-state index is 0.135. The van der Waals surface area contributed by atoms with Crippen molar-refractivity contribution in [2.24, 2.45) is 0 Å². The first-order chi connectivity index (χ1) is 12.8. The minimum Gasteiger partial charge on any atom is -0.399 e. The molecule has 0 atom stereocenters. The van der Waals surface area contributed by atoms with E-state index in [-0.39, 0.29) is 29.7 Å². The molecule has 5 nitrogen and oxygen atoms in total. The van der Waals surface area contributed by atoms with Gasteiger partial charge < -0.3 is 9.31 Å². The highest BCUT2D eigenvalue weighted by atomic mass is 16.7. The van der Waals surface area contributed by atoms with E-state index in [1.807, 2.05) is 24.3 Å². The van der Waals surface area contributed by atoms with E-state index in [9.17, 15) is 0 Å². The van der Waals surface area contributed by atoms with Crippen molar-refractivity contribution in [3.05, 3.63) is 35.9 Å². The summed E-state index contributed by atoms with van der Waals surface area (Å²) in [5.74, 6) is 2.59. The van der Waals surface area contributed by atoms with Crippen molar-refractivity contribution >= 4 is 12.6 Å². The zero-order valence-corrected chi connectivity index (χ0v) is 18.6. The SMILES string of the molecule is CC(C)c1nc(-c2ccc(B3OC(C)(C)C(C)(C)O3)cc2)nc(C(C)(C)C)n1. The van der Waals surface area contributed by atoms with Gasteiger partial charge in [-0.2, -0.15) is 0 Å². The Labute approximate surface area is 169 Å². The highest BCUT2D eigenvalue weighted by Gasteiger charge is 2.51. The van der Waals surface area contributed by atoms with Gasteiger partial charge in [0, 0.05) is 16.9 Å². The summed E-state index contributed by atoms with van der Waals surface area (Å²) in [6.45, 7) is 18.8. The molecule has 3 rings (SSSR count). The van der Waals surface area contributed by atoms with Crippen molar-refractivity contribution in [3.63, 3.8) is 0 Å². The zero-order chi connectivity index (χ0) is 20.9. The topological polar surface area (TPSA) is 57.1 Å². The van der Waals surface area contributed by atoms with Crippen LogP contribution in [-0.4, -0.2) is 33.3 Å². The molecule has 1 aromatic carbocycles. The molecule has 0 aliphatic carbocycles. The summed E-state index contributed by atoms with van der Waals surface area (Å²) in [5.41, 5.74) is 1.13. The normalized spacial score (nSPS) is 18.7. The Morgan fingerprint density at radius 3 is 1.86 bits per heavy atom. The van der Waals surface area contributed by atoms with Gasteiger partial charge in [0.05, 0.1) is 11.2 Å². The van der Waals surface area contributed by atoms with Crippen LogP contribution in [0.3, 0.4) is 0 Å². The smallest absolute Gasteiger partial charge is 0.399 e. The van der Waals surface area contributed by atoms with E-state index in [0.29, 0.717) is 5.82 Å². The number of hydrogen-bond donors (Lipinski definition) is 0. The Morgan fingerprint density at radius 1 is 0.857 bits per heavy atom. The first kappa shape index (κ1) is 20.9. The molecule has 6 heteroatoms. The average Bonchev–Trinajstić information content (AvgIpc) is 2.81. The van der Waals surface area contributed by atoms with Crippen LogP contribution in [0.5, 0.6) is 0 Å². The zero-order valence-electron chi connectivity index (χ0n) is 18.6. The Morgan fingerprint density at radius 2 is 1.39 bits per heavy atom. The maximum Gasteiger partial charge on any atom is 0.494 e. The van der Waals surface area contributed by atoms with Crippen LogP contribution in [0.2, 0.25) is 0 Å². The molecule has 28 heavy (non-hydrogen) atoms. The summed E-state index contributed by atoms with van der Waals surface area (Å²) >= 11 is 0. The summed E-state index contributed by atoms with van der Waals surface area (Å²) in [6.07, 6.45) is 0. The second kappa shape index (κ2) is 6.92. The van der Waals surface area contributed by atoms with Crippen LogP contribution < -0.4 is 5.46 Å². The van der Waals surface area contributed by atoms with Gasteiger partial charge in [-0.1, -0.05) is 58.9 Å². The molecule has 0 radical (unpaired) electrons. The van der Waals surface area contributed by atoms with Crippen LogP contribution in [0.4, 0.5) is 0 Å². The van der Waals surface area contributed by atoms with Crippen molar-refractivity contribution in [1.29, 1.82) is 0 Å². The highest BCUT2D eigenvalue weighted by Crippen LogP contribution is 2.36. The van der Waals surface area contributed by atoms with Crippen molar-refractivity contribution < 1.29 is 9.31 Å². The molecule has 1 aliphatic heterocycles. The van der Waals surface area contributed by atoms with Crippen LogP contribution >= 0.6 is 0 Å². The minimum atomic E-state index is -0.367. The Hall–Kier alpha value is -1.79. The van der Waals surface area contributed by atoms with Gasteiger partial charge in [0.1, 0.15) is 11.6 Å². The van der Waals surface area contributed by atoms with Gasteiger partial charge in [-0.25, -0.2) is 15.0 Å². The van der Waals surface area contributed by atoms with Crippen LogP contribution in [0, 0.1) is 0 Å². The summed E-state index contributed by atoms with van der Waals surface area (Å²) in [7, 11) is -0.367. The molecule has 2 heterocycles. The van der Waals surface area contributed by atoms with E-state index < -0.39 is 0 Å². The van der Waals surface area contributed by atoms with Crippen molar-refractivity contribution in [2.75, 3.05) is 0 Å². The Bertz CT molecular complexity index is 839. The molecule has 0 bridgehead atoms. The van der Waals surface area contributed by atoms with Crippen LogP contribution in [0.25, 0.3) is 11.4 Å². The lowest BCUT2D eigenvalue weighted by Gasteiger charge is -2.32. The van der Waals surface area contributed by atoms with E-state index >= 15 is 0 Å². The third kappa shape index (κ3) is 3.99. The molecule has 0 saturated carbocycles. The van der Waals surface area contributed by atoms with Gasteiger partial charge in [-0.15, -0.1) is 0 Å². The van der Waals surface area contributed by atoms with E-state index in [1.54, 1.807) is 0 Å². The third-order valence-corrected chi connectivity index (χ3v) is 5.53. The number of nitrogens with zero attached hydrogens (tertiary/aromatic N) is 3. The van der Waals surface area contributed by atoms with Crippen molar-refractivity contribution in [1.82, 2.24) is 15.0 Å². The molecular formula is C22H32BN3O2. The van der Waals surface area contributed by atoms with Gasteiger partial charge in [-0.3, -0.25) is 0 Å². The van der Waals surface area contributed by atoms with Gasteiger partial charge in [0.25, 0.3) is 0 Å². The fourth-order valence-electron chi connectivity index (χ4n) is 2.88. The Balaban J connectivity index is 1.93. The molecule has 0 unspecified atom stereocenters. The van der Waals surface area contributed by atoms with E-state index in [0.717, 1.165) is 22.7 Å². The van der Waals surface area contributed by atoms with Gasteiger partial charge in [0.2, 0.25) is 0 Å². The fraction of sp³-hybridized carbons (Fsp3) is 0.591. The molecule has 1 saturated heterocycles. The monoisotopic (exact) mass is 381 g/mol. The van der Waals surface area contributed by atoms with Gasteiger partial charge in [0.15, 0.2) is 5.82 Å². The van der Waals surface area contributed by atoms with Gasteiger partial charge in [-0.05, 0) is 33.2 Å². The molecule has 0 N–H and O–H groups in total. The first-order valence-corrected chi connectivity index (χ1v) is 10.0. The van der Waals surface area contributed by atoms with Crippen LogP contribution in [0.1, 0.15) is 79.9 Å². The molecule has 0 amide bonds. The second-order valence-corrected chi connectivity index (χ2v) is 9.96. The number of aromatic nitrogens is 3. The first-order valence-electron chi connectivity index (χ1n) is 10.0. The number of benzene rings is 1. The fourth-order valence-corrected chi connectivity index (χ4v) is 2.88. The second-order valence-electron chi connectivity index (χ2n) is 9.96. The van der Waals surface area contributed by atoms with Crippen LogP contribution in [-0.2, 0) is 14.7 Å². The average molecular weight is 381 g/mol. The predicted octanol–water partition coefficient (Wildman–Crippen LogP) is 4.26. The van der Waals surface area contributed by atoms with Crippen molar-refractivity contribution in [3.8, 4) is 11.4 Å². The maximum atomic E-state index is 6.15. The van der Waals surface area contributed by atoms with Crippen LogP contribution in [0.15, 0.2) is 24.3 Å². The number of rotatable bonds is 3. The predicted molar refractivity (Wildman–Crippen MR) is 114 cm³/mol. The number of hydrogen-bond acceptors (Lipinski definition) is 5. The molecular weight excluding hydrogens is 349 g/mol. The lowest BCUT2D eigenvalue weighted by atomic mass is 9.79. The molecule has 2 aromatic rings. The summed E-state index contributed by atoms with van der Waals surface area (Å²) in [5, 5.41) is 0. The third-order valence-electron chi connectivity index (χ3n) is 5.53. The molecule has 1 aliphatic rings. The van der Waals surface area contributed by atoms with Gasteiger partial charge >= 0.3 is 7.12 Å². The van der Waals surface area contributed by atoms with E-state index in [2.05, 4.69) is 67.3 Å². The molecule has 0 spiro atoms.